The van der Waals surface area contributed by atoms with Crippen LogP contribution in [-0.2, 0) is 4.74 Å². The van der Waals surface area contributed by atoms with Gasteiger partial charge in [0.2, 0.25) is 0 Å². The molecule has 0 unspecified atom stereocenters. The van der Waals surface area contributed by atoms with Gasteiger partial charge in [-0.1, -0.05) is 35.9 Å². The maximum atomic E-state index is 14.6. The molecule has 1 amide bonds. The van der Waals surface area contributed by atoms with E-state index in [1.807, 2.05) is 6.08 Å². The summed E-state index contributed by atoms with van der Waals surface area (Å²) in [4.78, 5) is 21.7. The molecule has 3 aromatic rings. The maximum Gasteiger partial charge on any atom is 0.258 e. The minimum atomic E-state index is -0.409. The molecule has 0 radical (unpaired) electrons. The van der Waals surface area contributed by atoms with Gasteiger partial charge in [0, 0.05) is 17.3 Å². The Morgan fingerprint density at radius 3 is 2.69 bits per heavy atom. The molecule has 0 atom stereocenters. The van der Waals surface area contributed by atoms with Crippen LogP contribution in [0.1, 0.15) is 22.5 Å². The first-order valence-corrected chi connectivity index (χ1v) is 9.45. The summed E-state index contributed by atoms with van der Waals surface area (Å²) in [5, 5.41) is 3.14. The summed E-state index contributed by atoms with van der Waals surface area (Å²) in [6, 6.07) is 11.2. The Kier molecular flexibility index (Phi) is 5.64. The Balaban J connectivity index is 1.84. The van der Waals surface area contributed by atoms with E-state index in [9.17, 15) is 9.18 Å². The predicted molar refractivity (Wildman–Crippen MR) is 110 cm³/mol. The van der Waals surface area contributed by atoms with Crippen LogP contribution in [0.5, 0.6) is 0 Å². The van der Waals surface area contributed by atoms with Crippen LogP contribution in [0.15, 0.2) is 60.9 Å². The second kappa shape index (κ2) is 8.51. The number of halogens is 2. The number of rotatable bonds is 4. The van der Waals surface area contributed by atoms with Crippen LogP contribution in [-0.4, -0.2) is 29.1 Å². The largest absolute Gasteiger partial charge is 0.377 e. The quantitative estimate of drug-likeness (QED) is 0.616. The lowest BCUT2D eigenvalue weighted by atomic mass is 9.93. The molecule has 0 aliphatic carbocycles. The van der Waals surface area contributed by atoms with Gasteiger partial charge in [-0.15, -0.1) is 0 Å². The molecule has 29 heavy (non-hydrogen) atoms. The Morgan fingerprint density at radius 1 is 1.10 bits per heavy atom. The van der Waals surface area contributed by atoms with E-state index in [1.54, 1.807) is 42.6 Å². The fourth-order valence-electron chi connectivity index (χ4n) is 3.22. The van der Waals surface area contributed by atoms with Crippen LogP contribution in [0.3, 0.4) is 0 Å². The van der Waals surface area contributed by atoms with E-state index in [4.69, 9.17) is 16.3 Å². The van der Waals surface area contributed by atoms with Crippen molar-refractivity contribution in [2.24, 2.45) is 0 Å². The molecule has 1 aliphatic heterocycles. The highest BCUT2D eigenvalue weighted by Gasteiger charge is 2.23. The molecule has 4 rings (SSSR count). The van der Waals surface area contributed by atoms with Crippen molar-refractivity contribution in [1.82, 2.24) is 9.97 Å². The van der Waals surface area contributed by atoms with Gasteiger partial charge in [-0.05, 0) is 36.3 Å². The molecule has 0 saturated heterocycles. The number of carbonyl (C=O) groups is 1. The van der Waals surface area contributed by atoms with E-state index < -0.39 is 11.7 Å². The number of nitrogens with one attached hydrogen (secondary N) is 1. The third-order valence-electron chi connectivity index (χ3n) is 4.59. The summed E-state index contributed by atoms with van der Waals surface area (Å²) in [5.74, 6) is -0.810. The summed E-state index contributed by atoms with van der Waals surface area (Å²) in [7, 11) is 0. The van der Waals surface area contributed by atoms with E-state index >= 15 is 0 Å². The number of amides is 1. The smallest absolute Gasteiger partial charge is 0.258 e. The van der Waals surface area contributed by atoms with Crippen LogP contribution < -0.4 is 5.32 Å². The van der Waals surface area contributed by atoms with Crippen molar-refractivity contribution in [3.8, 4) is 11.1 Å². The number of pyridine rings is 2. The molecular weight excluding hydrogens is 393 g/mol. The van der Waals surface area contributed by atoms with Gasteiger partial charge < -0.3 is 10.1 Å². The Labute approximate surface area is 172 Å². The molecule has 7 heteroatoms. The number of hydrogen-bond donors (Lipinski definition) is 1. The second-order valence-corrected chi connectivity index (χ2v) is 6.83. The predicted octanol–water partition coefficient (Wildman–Crippen LogP) is 4.99. The lowest BCUT2D eigenvalue weighted by Crippen LogP contribution is -2.18. The number of hydrogen-bond acceptors (Lipinski definition) is 4. The molecule has 2 aromatic heterocycles. The Hall–Kier alpha value is -3.09. The zero-order valence-electron chi connectivity index (χ0n) is 15.4. The fraction of sp³-hybridized carbons (Fsp3) is 0.136. The molecule has 0 fully saturated rings. The molecule has 0 bridgehead atoms. The summed E-state index contributed by atoms with van der Waals surface area (Å²) in [6.45, 7) is 0.989. The van der Waals surface area contributed by atoms with E-state index in [1.165, 1.54) is 12.3 Å². The SMILES string of the molecule is O=C(Nc1ccc(Cl)nc1)c1c(-c2ccccc2F)ccnc1C1=CCOCC1. The fourth-order valence-corrected chi connectivity index (χ4v) is 3.34. The molecule has 3 heterocycles. The zero-order chi connectivity index (χ0) is 20.2. The van der Waals surface area contributed by atoms with Crippen molar-refractivity contribution in [2.45, 2.75) is 6.42 Å². The third kappa shape index (κ3) is 4.18. The van der Waals surface area contributed by atoms with Crippen LogP contribution in [0.4, 0.5) is 10.1 Å². The van der Waals surface area contributed by atoms with Crippen molar-refractivity contribution in [2.75, 3.05) is 18.5 Å². The summed E-state index contributed by atoms with van der Waals surface area (Å²) >= 11 is 5.82. The summed E-state index contributed by atoms with van der Waals surface area (Å²) in [6.07, 6.45) is 5.58. The maximum absolute atomic E-state index is 14.6. The van der Waals surface area contributed by atoms with Gasteiger partial charge in [-0.2, -0.15) is 0 Å². The van der Waals surface area contributed by atoms with Gasteiger partial charge in [0.15, 0.2) is 0 Å². The van der Waals surface area contributed by atoms with Gasteiger partial charge in [-0.3, -0.25) is 9.78 Å². The van der Waals surface area contributed by atoms with Crippen molar-refractivity contribution in [3.05, 3.63) is 83.2 Å². The topological polar surface area (TPSA) is 64.1 Å². The molecule has 5 nitrogen and oxygen atoms in total. The monoisotopic (exact) mass is 409 g/mol. The highest BCUT2D eigenvalue weighted by molar-refractivity contribution is 6.29. The summed E-state index contributed by atoms with van der Waals surface area (Å²) in [5.41, 5.74) is 3.01. The molecule has 1 N–H and O–H groups in total. The number of aromatic nitrogens is 2. The number of anilines is 1. The van der Waals surface area contributed by atoms with Crippen LogP contribution in [0.2, 0.25) is 5.15 Å². The van der Waals surface area contributed by atoms with Crippen LogP contribution in [0.25, 0.3) is 16.7 Å². The lowest BCUT2D eigenvalue weighted by molar-refractivity contribution is 0.102. The van der Waals surface area contributed by atoms with E-state index in [0.717, 1.165) is 5.57 Å². The van der Waals surface area contributed by atoms with Gasteiger partial charge in [0.05, 0.1) is 36.4 Å². The van der Waals surface area contributed by atoms with Gasteiger partial charge in [0.1, 0.15) is 11.0 Å². The number of benzene rings is 1. The van der Waals surface area contributed by atoms with Crippen molar-refractivity contribution >= 4 is 28.8 Å². The number of carbonyl (C=O) groups excluding carboxylic acids is 1. The Bertz CT molecular complexity index is 1080. The van der Waals surface area contributed by atoms with Crippen molar-refractivity contribution in [1.29, 1.82) is 0 Å². The number of ether oxygens (including phenoxy) is 1. The average Bonchev–Trinajstić information content (AvgIpc) is 2.76. The minimum absolute atomic E-state index is 0.306. The van der Waals surface area contributed by atoms with Gasteiger partial charge in [-0.25, -0.2) is 9.37 Å². The zero-order valence-corrected chi connectivity index (χ0v) is 16.1. The van der Waals surface area contributed by atoms with Crippen LogP contribution >= 0.6 is 11.6 Å². The number of nitrogens with zero attached hydrogens (tertiary/aromatic N) is 2. The minimum Gasteiger partial charge on any atom is -0.377 e. The average molecular weight is 410 g/mol. The first kappa shape index (κ1) is 19.2. The lowest BCUT2D eigenvalue weighted by Gasteiger charge is -2.19. The standard InChI is InChI=1S/C22H17ClFN3O2/c23-19-6-5-15(13-26-19)27-22(28)20-17(16-3-1-2-4-18(16)24)7-10-25-21(20)14-8-11-29-12-9-14/h1-8,10,13H,9,11-12H2,(H,27,28). The molecule has 1 aromatic carbocycles. The highest BCUT2D eigenvalue weighted by atomic mass is 35.5. The van der Waals surface area contributed by atoms with Gasteiger partial charge in [0.25, 0.3) is 5.91 Å². The van der Waals surface area contributed by atoms with Crippen molar-refractivity contribution in [3.63, 3.8) is 0 Å². The van der Waals surface area contributed by atoms with E-state index in [-0.39, 0.29) is 0 Å². The molecule has 1 aliphatic rings. The molecule has 0 saturated carbocycles. The van der Waals surface area contributed by atoms with Gasteiger partial charge >= 0.3 is 0 Å². The third-order valence-corrected chi connectivity index (χ3v) is 4.82. The molecular formula is C22H17ClFN3O2. The first-order chi connectivity index (χ1) is 14.1. The van der Waals surface area contributed by atoms with Crippen LogP contribution in [0, 0.1) is 5.82 Å². The molecule has 146 valence electrons. The highest BCUT2D eigenvalue weighted by Crippen LogP contribution is 2.32. The van der Waals surface area contributed by atoms with Crippen molar-refractivity contribution < 1.29 is 13.9 Å². The summed E-state index contributed by atoms with van der Waals surface area (Å²) < 4.78 is 19.9. The van der Waals surface area contributed by atoms with E-state index in [0.29, 0.717) is 52.9 Å². The second-order valence-electron chi connectivity index (χ2n) is 6.44. The normalized spacial score (nSPS) is 13.7. The molecule has 0 spiro atoms. The Morgan fingerprint density at radius 2 is 1.97 bits per heavy atom. The first-order valence-electron chi connectivity index (χ1n) is 9.07. The van der Waals surface area contributed by atoms with E-state index in [2.05, 4.69) is 15.3 Å².